The third-order valence-electron chi connectivity index (χ3n) is 11.4. The van der Waals surface area contributed by atoms with E-state index in [0.717, 1.165) is 17.1 Å². The third-order valence-corrected chi connectivity index (χ3v) is 11.4. The van der Waals surface area contributed by atoms with E-state index in [2.05, 4.69) is 198 Å². The lowest BCUT2D eigenvalue weighted by Gasteiger charge is -2.36. The number of nitrogens with zero attached hydrogens (tertiary/aromatic N) is 3. The summed E-state index contributed by atoms with van der Waals surface area (Å²) in [7, 11) is 0. The number of benzene rings is 7. The molecule has 244 valence electrons. The molecule has 0 atom stereocenters. The molecule has 0 spiro atoms. The zero-order valence-electron chi connectivity index (χ0n) is 29.1. The number of anilines is 3. The Hall–Kier alpha value is -6.52. The van der Waals surface area contributed by atoms with E-state index in [9.17, 15) is 0 Å². The maximum atomic E-state index is 2.59. The second kappa shape index (κ2) is 11.0. The highest BCUT2D eigenvalue weighted by atomic mass is 15.2. The van der Waals surface area contributed by atoms with Crippen molar-refractivity contribution < 1.29 is 0 Å². The highest BCUT2D eigenvalue weighted by Crippen LogP contribution is 2.45. The minimum absolute atomic E-state index is 0.0872. The number of fused-ring (bicyclic) bond motifs is 4. The first-order valence-corrected chi connectivity index (χ1v) is 18.2. The van der Waals surface area contributed by atoms with Gasteiger partial charge in [0.05, 0.1) is 17.1 Å². The summed E-state index contributed by atoms with van der Waals surface area (Å²) in [5.74, 6) is 0. The van der Waals surface area contributed by atoms with Gasteiger partial charge in [-0.2, -0.15) is 0 Å². The Labute approximate surface area is 303 Å². The highest BCUT2D eigenvalue weighted by molar-refractivity contribution is 7.00. The monoisotopic (exact) mass is 663 g/mol. The van der Waals surface area contributed by atoms with Crippen LogP contribution in [0.25, 0.3) is 55.7 Å². The molecule has 4 heterocycles. The van der Waals surface area contributed by atoms with Crippen molar-refractivity contribution in [3.8, 4) is 33.9 Å². The first kappa shape index (κ1) is 29.2. The molecule has 0 bridgehead atoms. The molecule has 2 aromatic heterocycles. The van der Waals surface area contributed by atoms with Crippen molar-refractivity contribution >= 4 is 62.0 Å². The lowest BCUT2D eigenvalue weighted by atomic mass is 9.34. The summed E-state index contributed by atoms with van der Waals surface area (Å²) >= 11 is 0. The van der Waals surface area contributed by atoms with Crippen molar-refractivity contribution in [2.45, 2.75) is 13.8 Å². The average Bonchev–Trinajstić information content (AvgIpc) is 3.68. The van der Waals surface area contributed by atoms with Crippen LogP contribution in [0.15, 0.2) is 170 Å². The molecular weight excluding hydrogens is 629 g/mol. The summed E-state index contributed by atoms with van der Waals surface area (Å²) < 4.78 is 5.18. The van der Waals surface area contributed by atoms with Crippen LogP contribution in [0.5, 0.6) is 0 Å². The SMILES string of the molecule is Cc1c(-c2ccccc2)n2c3c(cccc13)B1c3c-2cc(N(c2ccccc2)c2ccccc2)cc3-n2c(-c3ccccc3)c(C)c3cccc1c32. The predicted molar refractivity (Wildman–Crippen MR) is 220 cm³/mol. The Balaban J connectivity index is 1.35. The van der Waals surface area contributed by atoms with Gasteiger partial charge in [-0.3, -0.25) is 0 Å². The number of aromatic nitrogens is 2. The van der Waals surface area contributed by atoms with E-state index in [4.69, 9.17) is 0 Å². The van der Waals surface area contributed by atoms with Crippen LogP contribution in [-0.2, 0) is 0 Å². The van der Waals surface area contributed by atoms with E-state index >= 15 is 0 Å². The van der Waals surface area contributed by atoms with E-state index in [1.165, 1.54) is 83.2 Å². The van der Waals surface area contributed by atoms with Gasteiger partial charge in [0.1, 0.15) is 0 Å². The fourth-order valence-corrected chi connectivity index (χ4v) is 9.36. The second-order valence-electron chi connectivity index (χ2n) is 14.2. The number of para-hydroxylation sites is 4. The molecule has 0 fully saturated rings. The Morgan fingerprint density at radius 2 is 0.827 bits per heavy atom. The molecule has 0 amide bonds. The third kappa shape index (κ3) is 3.92. The molecule has 0 aliphatic carbocycles. The maximum Gasteiger partial charge on any atom is 0.252 e. The first-order chi connectivity index (χ1) is 25.7. The molecule has 9 aromatic rings. The van der Waals surface area contributed by atoms with Gasteiger partial charge in [0.25, 0.3) is 6.71 Å². The normalized spacial score (nSPS) is 12.4. The van der Waals surface area contributed by atoms with Gasteiger partial charge in [0.2, 0.25) is 0 Å². The number of hydrogen-bond acceptors (Lipinski definition) is 1. The van der Waals surface area contributed by atoms with Crippen molar-refractivity contribution in [3.63, 3.8) is 0 Å². The molecule has 0 N–H and O–H groups in total. The van der Waals surface area contributed by atoms with Crippen LogP contribution in [0.2, 0.25) is 0 Å². The van der Waals surface area contributed by atoms with E-state index in [-0.39, 0.29) is 6.71 Å². The summed E-state index contributed by atoms with van der Waals surface area (Å²) in [4.78, 5) is 2.41. The maximum absolute atomic E-state index is 2.59. The summed E-state index contributed by atoms with van der Waals surface area (Å²) in [5, 5.41) is 2.62. The largest absolute Gasteiger partial charge is 0.310 e. The molecule has 0 radical (unpaired) electrons. The van der Waals surface area contributed by atoms with Crippen molar-refractivity contribution in [2.75, 3.05) is 4.90 Å². The van der Waals surface area contributed by atoms with Crippen LogP contribution in [0.4, 0.5) is 17.1 Å². The molecule has 11 rings (SSSR count). The van der Waals surface area contributed by atoms with Gasteiger partial charge in [-0.05, 0) is 88.9 Å². The molecule has 0 saturated heterocycles. The summed E-state index contributed by atoms with van der Waals surface area (Å²) in [6, 6.07) is 62.3. The lowest BCUT2D eigenvalue weighted by molar-refractivity contribution is 1.09. The lowest BCUT2D eigenvalue weighted by Crippen LogP contribution is -2.59. The van der Waals surface area contributed by atoms with E-state index in [1.807, 2.05) is 0 Å². The van der Waals surface area contributed by atoms with E-state index < -0.39 is 0 Å². The predicted octanol–water partition coefficient (Wildman–Crippen LogP) is 10.1. The van der Waals surface area contributed by atoms with Gasteiger partial charge in [-0.15, -0.1) is 0 Å². The van der Waals surface area contributed by atoms with Crippen molar-refractivity contribution in [1.82, 2.24) is 9.13 Å². The van der Waals surface area contributed by atoms with E-state index in [0.29, 0.717) is 0 Å². The second-order valence-corrected chi connectivity index (χ2v) is 14.2. The Bertz CT molecular complexity index is 2660. The molecular formula is C48H34BN3. The molecule has 52 heavy (non-hydrogen) atoms. The zero-order chi connectivity index (χ0) is 34.5. The molecule has 3 nitrogen and oxygen atoms in total. The number of aryl methyl sites for hydroxylation is 2. The van der Waals surface area contributed by atoms with E-state index in [1.54, 1.807) is 0 Å². The molecule has 2 aliphatic heterocycles. The van der Waals surface area contributed by atoms with Crippen molar-refractivity contribution in [3.05, 3.63) is 181 Å². The molecule has 7 aromatic carbocycles. The summed E-state index contributed by atoms with van der Waals surface area (Å²) in [6.45, 7) is 4.69. The molecule has 2 aliphatic rings. The molecule has 0 saturated carbocycles. The standard InChI is InChI=1S/C48H34BN3/c1-31-38-25-15-27-40-47(38)51(45(31)33-17-7-3-8-18-33)42-29-37(50(35-21-11-5-12-22-35)36-23-13-6-14-24-36)30-43-44(42)49(40)41-28-16-26-39-32(2)46(52(43)48(39)41)34-19-9-4-10-20-34/h3-30H,1-2H3. The van der Waals surface area contributed by atoms with Crippen molar-refractivity contribution in [1.29, 1.82) is 0 Å². The van der Waals surface area contributed by atoms with Gasteiger partial charge in [-0.25, -0.2) is 0 Å². The summed E-state index contributed by atoms with van der Waals surface area (Å²) in [6.07, 6.45) is 0. The van der Waals surface area contributed by atoms with Gasteiger partial charge < -0.3 is 14.0 Å². The Morgan fingerprint density at radius 3 is 1.25 bits per heavy atom. The van der Waals surface area contributed by atoms with Crippen molar-refractivity contribution in [2.24, 2.45) is 0 Å². The van der Waals surface area contributed by atoms with Gasteiger partial charge in [0, 0.05) is 44.6 Å². The zero-order valence-corrected chi connectivity index (χ0v) is 29.1. The molecule has 4 heteroatoms. The number of hydrogen-bond donors (Lipinski definition) is 0. The van der Waals surface area contributed by atoms with Gasteiger partial charge in [-0.1, -0.05) is 133 Å². The number of rotatable bonds is 5. The first-order valence-electron chi connectivity index (χ1n) is 18.2. The smallest absolute Gasteiger partial charge is 0.252 e. The minimum Gasteiger partial charge on any atom is -0.310 e. The minimum atomic E-state index is 0.0872. The quantitative estimate of drug-likeness (QED) is 0.167. The van der Waals surface area contributed by atoms with Crippen LogP contribution < -0.4 is 21.3 Å². The van der Waals surface area contributed by atoms with Crippen LogP contribution in [-0.4, -0.2) is 15.8 Å². The Morgan fingerprint density at radius 1 is 0.423 bits per heavy atom. The van der Waals surface area contributed by atoms with Gasteiger partial charge >= 0.3 is 0 Å². The fourth-order valence-electron chi connectivity index (χ4n) is 9.36. The summed E-state index contributed by atoms with van der Waals surface area (Å²) in [5.41, 5.74) is 20.1. The average molecular weight is 664 g/mol. The molecule has 0 unspecified atom stereocenters. The van der Waals surface area contributed by atoms with Gasteiger partial charge in [0.15, 0.2) is 0 Å². The van der Waals surface area contributed by atoms with Crippen LogP contribution in [0.3, 0.4) is 0 Å². The fraction of sp³-hybridized carbons (Fsp3) is 0.0417. The van der Waals surface area contributed by atoms with Crippen LogP contribution in [0.1, 0.15) is 11.1 Å². The highest BCUT2D eigenvalue weighted by Gasteiger charge is 2.42. The topological polar surface area (TPSA) is 13.1 Å². The Kier molecular flexibility index (Phi) is 6.18. The van der Waals surface area contributed by atoms with Crippen LogP contribution >= 0.6 is 0 Å². The van der Waals surface area contributed by atoms with Crippen LogP contribution in [0, 0.1) is 13.8 Å².